The van der Waals surface area contributed by atoms with Gasteiger partial charge in [-0.2, -0.15) is 0 Å². The zero-order valence-electron chi connectivity index (χ0n) is 8.27. The van der Waals surface area contributed by atoms with Gasteiger partial charge in [-0.1, -0.05) is 0 Å². The molecule has 5 N–H and O–H groups in total. The molecule has 16 heavy (non-hydrogen) atoms. The second-order valence-electron chi connectivity index (χ2n) is 2.49. The van der Waals surface area contributed by atoms with Gasteiger partial charge in [0, 0.05) is 0 Å². The number of hydrogen-bond donors (Lipinski definition) is 3. The van der Waals surface area contributed by atoms with Gasteiger partial charge in [0.2, 0.25) is 0 Å². The van der Waals surface area contributed by atoms with E-state index in [0.717, 1.165) is 6.07 Å². The van der Waals surface area contributed by atoms with E-state index in [1.54, 1.807) is 0 Å². The molecule has 0 aliphatic heterocycles. The fraction of sp³-hybridized carbons (Fsp3) is 0. The molecule has 9 heteroatoms. The minimum atomic E-state index is -1.46. The summed E-state index contributed by atoms with van der Waals surface area (Å²) in [6, 6.07) is 0.109. The summed E-state index contributed by atoms with van der Waals surface area (Å²) in [4.78, 5) is 31.7. The summed E-state index contributed by atoms with van der Waals surface area (Å²) in [7, 11) is 0. The molecule has 1 aromatic heterocycles. The van der Waals surface area contributed by atoms with Crippen LogP contribution in [0.1, 0.15) is 20.0 Å². The van der Waals surface area contributed by atoms with E-state index in [1.165, 1.54) is 0 Å². The Morgan fingerprint density at radius 2 is 1.88 bits per heavy atom. The molecule has 1 heterocycles. The molecule has 1 rings (SSSR count). The van der Waals surface area contributed by atoms with Crippen LogP contribution >= 0.6 is 11.3 Å². The topological polar surface area (TPSA) is 138 Å². The smallest absolute Gasteiger partial charge is 0.544 e. The average Bonchev–Trinajstić information content (AvgIpc) is 2.46. The Morgan fingerprint density at radius 3 is 2.25 bits per heavy atom. The summed E-state index contributed by atoms with van der Waals surface area (Å²) in [6.45, 7) is 0. The van der Waals surface area contributed by atoms with Gasteiger partial charge in [-0.3, -0.25) is 10.1 Å². The first kappa shape index (κ1) is 14.9. The summed E-state index contributed by atoms with van der Waals surface area (Å²) in [5, 5.41) is 12.6. The molecule has 0 bridgehead atoms. The van der Waals surface area contributed by atoms with Crippen molar-refractivity contribution in [3.8, 4) is 0 Å². The van der Waals surface area contributed by atoms with Crippen molar-refractivity contribution in [3.05, 3.63) is 16.5 Å². The zero-order chi connectivity index (χ0) is 11.6. The molecule has 1 aromatic rings. The Morgan fingerprint density at radius 1 is 1.31 bits per heavy atom. The number of aromatic carboxylic acids is 1. The maximum absolute atomic E-state index is 10.9. The van der Waals surface area contributed by atoms with Gasteiger partial charge in [0.05, 0.1) is 16.4 Å². The van der Waals surface area contributed by atoms with Crippen molar-refractivity contribution >= 4 is 34.2 Å². The van der Waals surface area contributed by atoms with Crippen LogP contribution in [0.5, 0.6) is 0 Å². The summed E-state index contributed by atoms with van der Waals surface area (Å²) < 4.78 is 0. The maximum Gasteiger partial charge on any atom is 1.00 e. The van der Waals surface area contributed by atoms with Crippen molar-refractivity contribution in [1.82, 2.24) is 0 Å². The van der Waals surface area contributed by atoms with Crippen molar-refractivity contribution in [2.24, 2.45) is 11.5 Å². The third-order valence-corrected chi connectivity index (χ3v) is 2.47. The van der Waals surface area contributed by atoms with Gasteiger partial charge in [0.15, 0.2) is 0 Å². The number of primary amides is 2. The molecule has 3 amide bonds. The van der Waals surface area contributed by atoms with E-state index in [1.807, 2.05) is 0 Å². The molecule has 0 spiro atoms. The number of carbonyl (C=O) groups excluding carboxylic acids is 3. The molecular weight excluding hydrogens is 245 g/mol. The van der Waals surface area contributed by atoms with E-state index in [2.05, 4.69) is 5.32 Å². The Kier molecular flexibility index (Phi) is 5.45. The Hall–Kier alpha value is -1.09. The van der Waals surface area contributed by atoms with E-state index >= 15 is 0 Å². The summed E-state index contributed by atoms with van der Waals surface area (Å²) in [5.41, 5.74) is 9.67. The SMILES string of the molecule is NC(=O)Nc1sc(C(=O)[O-])cc1C(N)=O.[Na+]. The number of nitrogens with two attached hydrogens (primary N) is 2. The van der Waals surface area contributed by atoms with Crippen LogP contribution in [0.3, 0.4) is 0 Å². The molecule has 7 nitrogen and oxygen atoms in total. The normalized spacial score (nSPS) is 9.00. The summed E-state index contributed by atoms with van der Waals surface area (Å²) in [5.74, 6) is -2.32. The predicted octanol–water partition coefficient (Wildman–Crippen LogP) is -4.29. The van der Waals surface area contributed by atoms with Gasteiger partial charge in [0.25, 0.3) is 5.91 Å². The van der Waals surface area contributed by atoms with E-state index in [4.69, 9.17) is 11.5 Å². The van der Waals surface area contributed by atoms with E-state index in [0.29, 0.717) is 11.3 Å². The zero-order valence-corrected chi connectivity index (χ0v) is 11.1. The van der Waals surface area contributed by atoms with Crippen LogP contribution in [0, 0.1) is 0 Å². The van der Waals surface area contributed by atoms with Crippen LogP contribution in [0.25, 0.3) is 0 Å². The Bertz CT molecular complexity index is 445. The quantitative estimate of drug-likeness (QED) is 0.468. The number of rotatable bonds is 3. The van der Waals surface area contributed by atoms with Crippen molar-refractivity contribution < 1.29 is 49.0 Å². The minimum absolute atomic E-state index is 0. The summed E-state index contributed by atoms with van der Waals surface area (Å²) >= 11 is 0.649. The number of carbonyl (C=O) groups is 3. The second kappa shape index (κ2) is 5.85. The first-order valence-electron chi connectivity index (χ1n) is 3.63. The number of anilines is 1. The van der Waals surface area contributed by atoms with E-state index in [-0.39, 0.29) is 45.0 Å². The average molecular weight is 251 g/mol. The maximum atomic E-state index is 10.9. The first-order chi connectivity index (χ1) is 6.91. The Labute approximate surface area is 116 Å². The molecule has 0 atom stereocenters. The molecule has 0 saturated carbocycles. The third kappa shape index (κ3) is 3.49. The van der Waals surface area contributed by atoms with Crippen LogP contribution in [-0.2, 0) is 0 Å². The number of hydrogen-bond acceptors (Lipinski definition) is 5. The molecule has 0 saturated heterocycles. The van der Waals surface area contributed by atoms with Crippen molar-refractivity contribution in [2.45, 2.75) is 0 Å². The van der Waals surface area contributed by atoms with Gasteiger partial charge in [0.1, 0.15) is 5.00 Å². The van der Waals surface area contributed by atoms with Crippen LogP contribution < -0.4 is 51.4 Å². The van der Waals surface area contributed by atoms with E-state index in [9.17, 15) is 19.5 Å². The molecular formula is C7H6N3NaO4S. The number of carboxylic acid groups (broad SMARTS) is 1. The number of carboxylic acids is 1. The van der Waals surface area contributed by atoms with Crippen LogP contribution in [0.15, 0.2) is 6.07 Å². The third-order valence-electron chi connectivity index (χ3n) is 1.44. The second-order valence-corrected chi connectivity index (χ2v) is 3.55. The number of urea groups is 1. The van der Waals surface area contributed by atoms with Crippen molar-refractivity contribution in [1.29, 1.82) is 0 Å². The van der Waals surface area contributed by atoms with Gasteiger partial charge in [-0.15, -0.1) is 11.3 Å². The minimum Gasteiger partial charge on any atom is -0.544 e. The summed E-state index contributed by atoms with van der Waals surface area (Å²) in [6.07, 6.45) is 0. The first-order valence-corrected chi connectivity index (χ1v) is 4.45. The monoisotopic (exact) mass is 251 g/mol. The number of amides is 3. The van der Waals surface area contributed by atoms with Crippen LogP contribution in [-0.4, -0.2) is 17.9 Å². The van der Waals surface area contributed by atoms with Crippen LogP contribution in [0.2, 0.25) is 0 Å². The van der Waals surface area contributed by atoms with Gasteiger partial charge >= 0.3 is 35.6 Å². The van der Waals surface area contributed by atoms with Gasteiger partial charge < -0.3 is 21.4 Å². The molecule has 0 aromatic carbocycles. The van der Waals surface area contributed by atoms with Crippen molar-refractivity contribution in [3.63, 3.8) is 0 Å². The Balaban J connectivity index is 0.00000225. The predicted molar refractivity (Wildman–Crippen MR) is 50.4 cm³/mol. The van der Waals surface area contributed by atoms with E-state index < -0.39 is 17.9 Å². The molecule has 0 radical (unpaired) electrons. The van der Waals surface area contributed by atoms with Gasteiger partial charge in [-0.05, 0) is 6.07 Å². The largest absolute Gasteiger partial charge is 1.00 e. The van der Waals surface area contributed by atoms with Crippen molar-refractivity contribution in [2.75, 3.05) is 5.32 Å². The number of nitrogens with one attached hydrogen (secondary N) is 1. The van der Waals surface area contributed by atoms with Gasteiger partial charge in [-0.25, -0.2) is 4.79 Å². The molecule has 0 fully saturated rings. The molecule has 0 aliphatic rings. The fourth-order valence-corrected chi connectivity index (χ4v) is 1.78. The number of thiophene rings is 1. The standard InChI is InChI=1S/C7H7N3O4S.Na/c8-4(11)2-1-3(6(12)13)15-5(2)10-7(9)14;/h1H,(H2,8,11)(H,12,13)(H3,9,10,14);/q;+1/p-1. The molecule has 0 aliphatic carbocycles. The molecule has 80 valence electrons. The molecule has 0 unspecified atom stereocenters. The fourth-order valence-electron chi connectivity index (χ4n) is 0.879. The van der Waals surface area contributed by atoms with Crippen LogP contribution in [0.4, 0.5) is 9.80 Å².